The van der Waals surface area contributed by atoms with Crippen molar-refractivity contribution in [1.29, 1.82) is 0 Å². The van der Waals surface area contributed by atoms with Crippen LogP contribution >= 0.6 is 34.5 Å². The molecule has 1 unspecified atom stereocenters. The van der Waals surface area contributed by atoms with E-state index in [0.29, 0.717) is 18.0 Å². The van der Waals surface area contributed by atoms with E-state index in [1.54, 1.807) is 11.8 Å². The zero-order valence-corrected chi connectivity index (χ0v) is 18.5. The van der Waals surface area contributed by atoms with Crippen LogP contribution < -0.4 is 5.32 Å². The molecular formula is C19H15Cl2F4N3O2S. The minimum Gasteiger partial charge on any atom is -0.372 e. The molecule has 0 saturated carbocycles. The summed E-state index contributed by atoms with van der Waals surface area (Å²) in [5.41, 5.74) is -1.58. The summed E-state index contributed by atoms with van der Waals surface area (Å²) in [6.45, 7) is 2.41. The number of halogens is 6. The van der Waals surface area contributed by atoms with E-state index in [1.807, 2.05) is 0 Å². The molecule has 2 aromatic rings. The molecule has 1 aromatic heterocycles. The first-order chi connectivity index (χ1) is 14.5. The first-order valence-electron chi connectivity index (χ1n) is 9.03. The second-order valence-electron chi connectivity index (χ2n) is 7.25. The van der Waals surface area contributed by atoms with E-state index in [-0.39, 0.29) is 11.7 Å². The predicted octanol–water partition coefficient (Wildman–Crippen LogP) is 5.37. The van der Waals surface area contributed by atoms with Gasteiger partial charge in [-0.05, 0) is 30.2 Å². The lowest BCUT2D eigenvalue weighted by molar-refractivity contribution is -0.275. The van der Waals surface area contributed by atoms with Crippen molar-refractivity contribution >= 4 is 46.3 Å². The molecular weight excluding hydrogens is 481 g/mol. The number of nitrogens with one attached hydrogen (secondary N) is 1. The Labute approximate surface area is 188 Å². The van der Waals surface area contributed by atoms with Gasteiger partial charge in [-0.25, -0.2) is 4.39 Å². The van der Waals surface area contributed by atoms with Crippen molar-refractivity contribution in [3.63, 3.8) is 0 Å². The van der Waals surface area contributed by atoms with Crippen molar-refractivity contribution in [3.8, 4) is 0 Å². The number of hydrogen-bond acceptors (Lipinski definition) is 5. The Morgan fingerprint density at radius 1 is 1.29 bits per heavy atom. The molecule has 4 rings (SSSR count). The van der Waals surface area contributed by atoms with Gasteiger partial charge in [-0.15, -0.1) is 11.3 Å². The smallest absolute Gasteiger partial charge is 0.372 e. The molecule has 0 radical (unpaired) electrons. The number of amidine groups is 1. The first-order valence-corrected chi connectivity index (χ1v) is 10.6. The highest BCUT2D eigenvalue weighted by Crippen LogP contribution is 2.50. The molecule has 3 heterocycles. The van der Waals surface area contributed by atoms with E-state index in [0.717, 1.165) is 28.1 Å². The van der Waals surface area contributed by atoms with Crippen molar-refractivity contribution in [3.05, 3.63) is 54.4 Å². The number of alkyl halides is 3. The zero-order chi connectivity index (χ0) is 22.7. The Balaban J connectivity index is 1.62. The normalized spacial score (nSPS) is 20.5. The van der Waals surface area contributed by atoms with Crippen LogP contribution in [0.25, 0.3) is 0 Å². The van der Waals surface area contributed by atoms with Gasteiger partial charge in [0.1, 0.15) is 5.84 Å². The fourth-order valence-corrected chi connectivity index (χ4v) is 5.49. The number of benzene rings is 1. The van der Waals surface area contributed by atoms with Gasteiger partial charge in [0.15, 0.2) is 5.82 Å². The maximum atomic E-state index is 14.1. The third-order valence-corrected chi connectivity index (χ3v) is 7.33. The SMILES string of the molecule is CNC(=O)c1sc2c(c1C)CN(C1=NOC(c3cc(Cl)c(F)c(Cl)c3)(C(F)(F)F)C1)C2. The average Bonchev–Trinajstić information content (AvgIpc) is 3.39. The minimum absolute atomic E-state index is 0.0955. The van der Waals surface area contributed by atoms with Gasteiger partial charge in [0.2, 0.25) is 0 Å². The van der Waals surface area contributed by atoms with Crippen molar-refractivity contribution in [1.82, 2.24) is 10.2 Å². The topological polar surface area (TPSA) is 53.9 Å². The highest BCUT2D eigenvalue weighted by Gasteiger charge is 2.63. The second-order valence-corrected chi connectivity index (χ2v) is 9.17. The molecule has 31 heavy (non-hydrogen) atoms. The molecule has 5 nitrogen and oxygen atoms in total. The summed E-state index contributed by atoms with van der Waals surface area (Å²) in [4.78, 5) is 20.1. The van der Waals surface area contributed by atoms with Crippen LogP contribution in [0.4, 0.5) is 17.6 Å². The van der Waals surface area contributed by atoms with Crippen LogP contribution in [0.3, 0.4) is 0 Å². The van der Waals surface area contributed by atoms with Crippen LogP contribution in [0.15, 0.2) is 17.3 Å². The van der Waals surface area contributed by atoms with Gasteiger partial charge in [0.25, 0.3) is 11.5 Å². The summed E-state index contributed by atoms with van der Waals surface area (Å²) in [5, 5.41) is 5.23. The van der Waals surface area contributed by atoms with Gasteiger partial charge in [-0.2, -0.15) is 13.2 Å². The highest BCUT2D eigenvalue weighted by atomic mass is 35.5. The molecule has 12 heteroatoms. The third kappa shape index (κ3) is 3.44. The molecule has 0 bridgehead atoms. The van der Waals surface area contributed by atoms with Gasteiger partial charge in [-0.1, -0.05) is 28.4 Å². The lowest BCUT2D eigenvalue weighted by Crippen LogP contribution is -2.44. The molecule has 0 saturated heterocycles. The van der Waals surface area contributed by atoms with E-state index in [9.17, 15) is 22.4 Å². The fourth-order valence-electron chi connectivity index (χ4n) is 3.72. The van der Waals surface area contributed by atoms with E-state index in [2.05, 4.69) is 10.5 Å². The Bertz CT molecular complexity index is 1100. The summed E-state index contributed by atoms with van der Waals surface area (Å²) < 4.78 is 56.2. The predicted molar refractivity (Wildman–Crippen MR) is 109 cm³/mol. The van der Waals surface area contributed by atoms with Crippen LogP contribution in [0.1, 0.15) is 37.7 Å². The number of hydrogen-bond donors (Lipinski definition) is 1. The maximum absolute atomic E-state index is 14.1. The van der Waals surface area contributed by atoms with Crippen LogP contribution in [0, 0.1) is 12.7 Å². The van der Waals surface area contributed by atoms with Gasteiger partial charge >= 0.3 is 6.18 Å². The Morgan fingerprint density at radius 2 is 1.94 bits per heavy atom. The van der Waals surface area contributed by atoms with Gasteiger partial charge < -0.3 is 15.1 Å². The third-order valence-electron chi connectivity index (χ3n) is 5.46. The van der Waals surface area contributed by atoms with E-state index < -0.39 is 39.6 Å². The van der Waals surface area contributed by atoms with Crippen LogP contribution in [0.2, 0.25) is 10.0 Å². The molecule has 2 aliphatic rings. The van der Waals surface area contributed by atoms with E-state index in [1.165, 1.54) is 18.4 Å². The second kappa shape index (κ2) is 7.53. The summed E-state index contributed by atoms with van der Waals surface area (Å²) in [5.74, 6) is -1.11. The van der Waals surface area contributed by atoms with Crippen molar-refractivity contribution in [2.75, 3.05) is 7.05 Å². The summed E-state index contributed by atoms with van der Waals surface area (Å²) in [7, 11) is 1.54. The van der Waals surface area contributed by atoms with E-state index >= 15 is 0 Å². The Hall–Kier alpha value is -2.04. The zero-order valence-electron chi connectivity index (χ0n) is 16.2. The fraction of sp³-hybridized carbons (Fsp3) is 0.368. The number of rotatable bonds is 2. The number of thiophene rings is 1. The molecule has 0 aliphatic carbocycles. The highest BCUT2D eigenvalue weighted by molar-refractivity contribution is 7.14. The van der Waals surface area contributed by atoms with Gasteiger partial charge in [0.05, 0.1) is 27.9 Å². The molecule has 166 valence electrons. The summed E-state index contributed by atoms with van der Waals surface area (Å²) in [6, 6.07) is 1.71. The number of carbonyl (C=O) groups excluding carboxylic acids is 1. The number of carbonyl (C=O) groups is 1. The largest absolute Gasteiger partial charge is 0.435 e. The molecule has 0 spiro atoms. The minimum atomic E-state index is -4.87. The monoisotopic (exact) mass is 495 g/mol. The van der Waals surface area contributed by atoms with Gasteiger partial charge in [0, 0.05) is 24.0 Å². The van der Waals surface area contributed by atoms with Gasteiger partial charge in [-0.3, -0.25) is 4.79 Å². The number of nitrogens with zero attached hydrogens (tertiary/aromatic N) is 2. The van der Waals surface area contributed by atoms with Crippen LogP contribution in [-0.4, -0.2) is 29.9 Å². The van der Waals surface area contributed by atoms with E-state index in [4.69, 9.17) is 28.0 Å². The van der Waals surface area contributed by atoms with Crippen molar-refractivity contribution in [2.24, 2.45) is 5.16 Å². The number of fused-ring (bicyclic) bond motifs is 1. The molecule has 1 aromatic carbocycles. The molecule has 1 amide bonds. The number of amides is 1. The number of oxime groups is 1. The van der Waals surface area contributed by atoms with Crippen LogP contribution in [0.5, 0.6) is 0 Å². The van der Waals surface area contributed by atoms with Crippen molar-refractivity contribution in [2.45, 2.75) is 38.2 Å². The molecule has 1 N–H and O–H groups in total. The Morgan fingerprint density at radius 3 is 2.48 bits per heavy atom. The average molecular weight is 496 g/mol. The molecule has 2 aliphatic heterocycles. The van der Waals surface area contributed by atoms with Crippen LogP contribution in [-0.2, 0) is 23.5 Å². The maximum Gasteiger partial charge on any atom is 0.435 e. The van der Waals surface area contributed by atoms with Crippen molar-refractivity contribution < 1.29 is 27.2 Å². The molecule has 0 fully saturated rings. The standard InChI is InChI=1S/C19H15Cl2F4N3O2S/c1-8-10-6-28(7-13(10)31-16(8)17(29)26-2)14-5-18(30-27-14,19(23,24)25)9-3-11(20)15(22)12(21)4-9/h3-4H,5-7H2,1-2H3,(H,26,29). The summed E-state index contributed by atoms with van der Waals surface area (Å²) >= 11 is 12.8. The quantitative estimate of drug-likeness (QED) is 0.450. The summed E-state index contributed by atoms with van der Waals surface area (Å²) in [6.07, 6.45) is -5.49. The first kappa shape index (κ1) is 22.2. The Kier molecular flexibility index (Phi) is 5.38. The lowest BCUT2D eigenvalue weighted by Gasteiger charge is -2.30. The molecule has 1 atom stereocenters. The lowest BCUT2D eigenvalue weighted by atomic mass is 9.89.